The summed E-state index contributed by atoms with van der Waals surface area (Å²) in [5.41, 5.74) is 1.11. The SMILES string of the molecule is CC(C)(C)[NH+](CCOC(=O)c1cc(I)cc(I)c1I)CCOC(=O)c1cc(I)cc(I)c1I. The van der Waals surface area contributed by atoms with Crippen molar-refractivity contribution in [2.45, 2.75) is 26.3 Å². The summed E-state index contributed by atoms with van der Waals surface area (Å²) in [6, 6.07) is 7.78. The van der Waals surface area contributed by atoms with E-state index < -0.39 is 0 Å². The van der Waals surface area contributed by atoms with Gasteiger partial charge in [0.1, 0.15) is 26.3 Å². The van der Waals surface area contributed by atoms with Gasteiger partial charge in [-0.25, -0.2) is 9.59 Å². The molecule has 2 rings (SSSR count). The lowest BCUT2D eigenvalue weighted by Gasteiger charge is -2.32. The van der Waals surface area contributed by atoms with Gasteiger partial charge < -0.3 is 14.4 Å². The molecule has 33 heavy (non-hydrogen) atoms. The molecule has 0 bridgehead atoms. The van der Waals surface area contributed by atoms with Crippen LogP contribution in [0.5, 0.6) is 0 Å². The molecule has 0 unspecified atom stereocenters. The molecule has 0 spiro atoms. The van der Waals surface area contributed by atoms with Crippen molar-refractivity contribution in [2.24, 2.45) is 0 Å². The van der Waals surface area contributed by atoms with Crippen LogP contribution in [0.3, 0.4) is 0 Å². The van der Waals surface area contributed by atoms with Crippen molar-refractivity contribution in [3.8, 4) is 0 Å². The van der Waals surface area contributed by atoms with Crippen molar-refractivity contribution in [2.75, 3.05) is 26.3 Å². The highest BCUT2D eigenvalue weighted by atomic mass is 127. The maximum atomic E-state index is 12.6. The average Bonchev–Trinajstić information content (AvgIpc) is 2.70. The van der Waals surface area contributed by atoms with Crippen LogP contribution in [-0.2, 0) is 9.47 Å². The van der Waals surface area contributed by atoms with Crippen LogP contribution < -0.4 is 4.90 Å². The summed E-state index contributed by atoms with van der Waals surface area (Å²) in [6.45, 7) is 8.23. The van der Waals surface area contributed by atoms with Crippen LogP contribution in [0.15, 0.2) is 24.3 Å². The summed E-state index contributed by atoms with van der Waals surface area (Å²) in [5.74, 6) is -0.614. The predicted molar refractivity (Wildman–Crippen MR) is 180 cm³/mol. The summed E-state index contributed by atoms with van der Waals surface area (Å²) in [5, 5.41) is 0. The minimum Gasteiger partial charge on any atom is -0.456 e. The molecule has 0 aliphatic heterocycles. The zero-order valence-electron chi connectivity index (χ0n) is 18.0. The van der Waals surface area contributed by atoms with Crippen LogP contribution in [0.4, 0.5) is 0 Å². The smallest absolute Gasteiger partial charge is 0.339 e. The number of quaternary nitrogens is 1. The third-order valence-corrected chi connectivity index (χ3v) is 12.1. The van der Waals surface area contributed by atoms with Gasteiger partial charge in [0.25, 0.3) is 0 Å². The molecule has 1 N–H and O–H groups in total. The highest BCUT2D eigenvalue weighted by Crippen LogP contribution is 2.24. The summed E-state index contributed by atoms with van der Waals surface area (Å²) < 4.78 is 17.1. The molecule has 0 atom stereocenters. The van der Waals surface area contributed by atoms with Crippen molar-refractivity contribution in [1.82, 2.24) is 0 Å². The van der Waals surface area contributed by atoms with Gasteiger partial charge in [-0.1, -0.05) is 0 Å². The van der Waals surface area contributed by atoms with Gasteiger partial charge in [0.15, 0.2) is 0 Å². The Labute approximate surface area is 276 Å². The number of esters is 2. The first-order valence-electron chi connectivity index (χ1n) is 9.79. The standard InChI is InChI=1S/C22H21I6NO4/c1-22(2,3)29(4-6-32-20(30)14-8-12(23)10-16(25)18(14)27)5-7-33-21(31)15-9-13(24)11-17(26)19(15)28/h8-11H,4-7H2,1-3H3/p+1. The fourth-order valence-corrected chi connectivity index (χ4v) is 7.73. The van der Waals surface area contributed by atoms with E-state index in [0.717, 1.165) is 21.4 Å². The number of rotatable bonds is 8. The first-order chi connectivity index (χ1) is 15.3. The lowest BCUT2D eigenvalue weighted by atomic mass is 10.1. The second-order valence-electron chi connectivity index (χ2n) is 8.12. The Bertz CT molecular complexity index is 963. The van der Waals surface area contributed by atoms with Gasteiger partial charge in [-0.05, 0) is 181 Å². The van der Waals surface area contributed by atoms with Gasteiger partial charge >= 0.3 is 11.9 Å². The van der Waals surface area contributed by atoms with E-state index in [1.54, 1.807) is 0 Å². The van der Waals surface area contributed by atoms with Crippen LogP contribution in [-0.4, -0.2) is 43.8 Å². The zero-order chi connectivity index (χ0) is 24.9. The summed E-state index contributed by atoms with van der Waals surface area (Å²) in [7, 11) is 0. The van der Waals surface area contributed by atoms with E-state index in [1.807, 2.05) is 24.3 Å². The highest BCUT2D eigenvalue weighted by molar-refractivity contribution is 14.1. The maximum Gasteiger partial charge on any atom is 0.339 e. The monoisotopic (exact) mass is 1130 g/mol. The van der Waals surface area contributed by atoms with E-state index in [4.69, 9.17) is 9.47 Å². The maximum absolute atomic E-state index is 12.6. The van der Waals surface area contributed by atoms with Gasteiger partial charge in [-0.2, -0.15) is 0 Å². The fourth-order valence-electron chi connectivity index (χ4n) is 2.97. The molecule has 2 aromatic rings. The Morgan fingerprint density at radius 3 is 1.42 bits per heavy atom. The van der Waals surface area contributed by atoms with Crippen molar-refractivity contribution in [1.29, 1.82) is 0 Å². The quantitative estimate of drug-likeness (QED) is 0.200. The second-order valence-corrected chi connectivity index (χ2v) is 15.1. The fraction of sp³-hybridized carbons (Fsp3) is 0.364. The average molecular weight is 1130 g/mol. The van der Waals surface area contributed by atoms with Crippen LogP contribution in [0.1, 0.15) is 41.5 Å². The lowest BCUT2D eigenvalue weighted by Crippen LogP contribution is -3.19. The van der Waals surface area contributed by atoms with E-state index >= 15 is 0 Å². The number of nitrogens with one attached hydrogen (secondary N) is 1. The molecule has 0 aromatic heterocycles. The molecule has 0 amide bonds. The molecule has 0 saturated carbocycles. The third kappa shape index (κ3) is 9.51. The molecule has 2 aromatic carbocycles. The van der Waals surface area contributed by atoms with Crippen LogP contribution in [0.2, 0.25) is 0 Å². The number of hydrogen-bond acceptors (Lipinski definition) is 4. The van der Waals surface area contributed by atoms with E-state index in [-0.39, 0.29) is 17.5 Å². The summed E-state index contributed by atoms with van der Waals surface area (Å²) >= 11 is 13.2. The van der Waals surface area contributed by atoms with Gasteiger partial charge in [0.05, 0.1) is 16.7 Å². The molecule has 0 heterocycles. The number of carbonyl (C=O) groups excluding carboxylic acids is 2. The molecule has 5 nitrogen and oxygen atoms in total. The first kappa shape index (κ1) is 30.9. The molecule has 180 valence electrons. The lowest BCUT2D eigenvalue weighted by molar-refractivity contribution is -0.946. The number of benzene rings is 2. The topological polar surface area (TPSA) is 57.0 Å². The molecular formula is C22H22I6NO4+. The molecule has 0 aliphatic rings. The van der Waals surface area contributed by atoms with Gasteiger partial charge in [-0.3, -0.25) is 0 Å². The van der Waals surface area contributed by atoms with Gasteiger partial charge in [-0.15, -0.1) is 0 Å². The van der Waals surface area contributed by atoms with Crippen molar-refractivity contribution >= 4 is 147 Å². The predicted octanol–water partition coefficient (Wildman–Crippen LogP) is 6.01. The van der Waals surface area contributed by atoms with Crippen molar-refractivity contribution in [3.05, 3.63) is 56.8 Å². The van der Waals surface area contributed by atoms with Crippen molar-refractivity contribution < 1.29 is 24.0 Å². The van der Waals surface area contributed by atoms with Crippen LogP contribution in [0, 0.1) is 21.4 Å². The Hall–Kier alpha value is 1.72. The van der Waals surface area contributed by atoms with E-state index in [0.29, 0.717) is 37.4 Å². The number of ether oxygens (including phenoxy) is 2. The molecule has 0 saturated heterocycles. The van der Waals surface area contributed by atoms with Crippen molar-refractivity contribution in [3.63, 3.8) is 0 Å². The van der Waals surface area contributed by atoms with E-state index in [2.05, 4.69) is 156 Å². The minimum absolute atomic E-state index is 0.0866. The van der Waals surface area contributed by atoms with E-state index in [9.17, 15) is 9.59 Å². The number of carbonyl (C=O) groups is 2. The summed E-state index contributed by atoms with van der Waals surface area (Å²) in [4.78, 5) is 26.5. The molecule has 0 fully saturated rings. The Morgan fingerprint density at radius 2 is 1.09 bits per heavy atom. The van der Waals surface area contributed by atoms with Crippen LogP contribution >= 0.6 is 136 Å². The Kier molecular flexibility index (Phi) is 13.2. The molecule has 0 aliphatic carbocycles. The number of hydrogen-bond donors (Lipinski definition) is 1. The van der Waals surface area contributed by atoms with Crippen LogP contribution in [0.25, 0.3) is 0 Å². The summed E-state index contributed by atoms with van der Waals surface area (Å²) in [6.07, 6.45) is 0. The normalized spacial score (nSPS) is 11.6. The van der Waals surface area contributed by atoms with Gasteiger partial charge in [0, 0.05) is 21.4 Å². The first-order valence-corrected chi connectivity index (χ1v) is 16.3. The Balaban J connectivity index is 1.94. The second kappa shape index (κ2) is 14.0. The molecular weight excluding hydrogens is 1100 g/mol. The third-order valence-electron chi connectivity index (χ3n) is 4.76. The zero-order valence-corrected chi connectivity index (χ0v) is 31.0. The Morgan fingerprint density at radius 1 is 0.727 bits per heavy atom. The van der Waals surface area contributed by atoms with Gasteiger partial charge in [0.2, 0.25) is 0 Å². The highest BCUT2D eigenvalue weighted by Gasteiger charge is 2.26. The molecule has 11 heteroatoms. The largest absolute Gasteiger partial charge is 0.456 e. The number of halogens is 6. The molecule has 0 radical (unpaired) electrons. The van der Waals surface area contributed by atoms with E-state index in [1.165, 1.54) is 4.90 Å². The minimum atomic E-state index is -0.307.